The third kappa shape index (κ3) is 1.92. The van der Waals surface area contributed by atoms with Gasteiger partial charge in [-0.25, -0.2) is 0 Å². The normalized spacial score (nSPS) is 30.2. The molecule has 1 atom stereocenters. The molecule has 0 radical (unpaired) electrons. The lowest BCUT2D eigenvalue weighted by molar-refractivity contribution is 0.446. The van der Waals surface area contributed by atoms with E-state index in [4.69, 9.17) is 5.26 Å². The van der Waals surface area contributed by atoms with Gasteiger partial charge in [0.05, 0.1) is 6.07 Å². The topological polar surface area (TPSA) is 47.9 Å². The fourth-order valence-electron chi connectivity index (χ4n) is 1.34. The molecule has 1 saturated heterocycles. The van der Waals surface area contributed by atoms with Crippen LogP contribution in [0.25, 0.3) is 0 Å². The second-order valence-electron chi connectivity index (χ2n) is 3.05. The van der Waals surface area contributed by atoms with Crippen molar-refractivity contribution in [1.82, 2.24) is 10.6 Å². The third-order valence-electron chi connectivity index (χ3n) is 2.08. The van der Waals surface area contributed by atoms with Crippen molar-refractivity contribution in [1.29, 1.82) is 5.26 Å². The van der Waals surface area contributed by atoms with Crippen molar-refractivity contribution in [3.05, 3.63) is 0 Å². The number of nitrogens with one attached hydrogen (secondary N) is 2. The van der Waals surface area contributed by atoms with Crippen LogP contribution in [0.4, 0.5) is 0 Å². The van der Waals surface area contributed by atoms with Gasteiger partial charge in [0.2, 0.25) is 0 Å². The first-order valence-electron chi connectivity index (χ1n) is 4.20. The van der Waals surface area contributed by atoms with Gasteiger partial charge in [-0.1, -0.05) is 6.92 Å². The minimum Gasteiger partial charge on any atom is -0.314 e. The van der Waals surface area contributed by atoms with E-state index >= 15 is 0 Å². The summed E-state index contributed by atoms with van der Waals surface area (Å²) in [5, 5.41) is 15.3. The van der Waals surface area contributed by atoms with Crippen molar-refractivity contribution in [2.24, 2.45) is 0 Å². The van der Waals surface area contributed by atoms with Gasteiger partial charge in [0.1, 0.15) is 5.54 Å². The van der Waals surface area contributed by atoms with Gasteiger partial charge in [0.15, 0.2) is 0 Å². The third-order valence-corrected chi connectivity index (χ3v) is 2.08. The Morgan fingerprint density at radius 1 is 1.73 bits per heavy atom. The minimum absolute atomic E-state index is 0.268. The lowest BCUT2D eigenvalue weighted by atomic mass is 10.0. The van der Waals surface area contributed by atoms with E-state index in [0.29, 0.717) is 0 Å². The van der Waals surface area contributed by atoms with Crippen LogP contribution in [0.3, 0.4) is 0 Å². The second-order valence-corrected chi connectivity index (χ2v) is 3.05. The number of hydrogen-bond donors (Lipinski definition) is 2. The van der Waals surface area contributed by atoms with E-state index in [9.17, 15) is 0 Å². The first-order chi connectivity index (χ1) is 5.33. The molecule has 62 valence electrons. The average Bonchev–Trinajstić information content (AvgIpc) is 2.50. The van der Waals surface area contributed by atoms with Gasteiger partial charge in [-0.05, 0) is 25.9 Å². The lowest BCUT2D eigenvalue weighted by Crippen LogP contribution is -2.46. The van der Waals surface area contributed by atoms with E-state index in [1.807, 2.05) is 0 Å². The number of hydrogen-bond acceptors (Lipinski definition) is 3. The molecule has 0 aliphatic carbocycles. The maximum Gasteiger partial charge on any atom is 0.120 e. The van der Waals surface area contributed by atoms with Crippen LogP contribution >= 0.6 is 0 Å². The molecule has 1 aliphatic heterocycles. The van der Waals surface area contributed by atoms with Crippen molar-refractivity contribution < 1.29 is 0 Å². The lowest BCUT2D eigenvalue weighted by Gasteiger charge is -2.20. The summed E-state index contributed by atoms with van der Waals surface area (Å²) in [5.74, 6) is 0. The largest absolute Gasteiger partial charge is 0.314 e. The van der Waals surface area contributed by atoms with Crippen molar-refractivity contribution in [2.45, 2.75) is 25.3 Å². The molecule has 1 rings (SSSR count). The predicted molar refractivity (Wildman–Crippen MR) is 44.1 cm³/mol. The zero-order chi connectivity index (χ0) is 8.16. The highest BCUT2D eigenvalue weighted by Gasteiger charge is 2.32. The van der Waals surface area contributed by atoms with Gasteiger partial charge >= 0.3 is 0 Å². The van der Waals surface area contributed by atoms with Crippen LogP contribution in [0.5, 0.6) is 0 Å². The second kappa shape index (κ2) is 3.70. The van der Waals surface area contributed by atoms with E-state index < -0.39 is 0 Å². The highest BCUT2D eigenvalue weighted by atomic mass is 15.1. The fourth-order valence-corrected chi connectivity index (χ4v) is 1.34. The van der Waals surface area contributed by atoms with Gasteiger partial charge < -0.3 is 5.32 Å². The van der Waals surface area contributed by atoms with Crippen LogP contribution in [-0.2, 0) is 0 Å². The Bertz CT molecular complexity index is 153. The Hall–Kier alpha value is -0.590. The van der Waals surface area contributed by atoms with Crippen LogP contribution in [0, 0.1) is 11.3 Å². The van der Waals surface area contributed by atoms with E-state index in [0.717, 1.165) is 32.5 Å². The number of rotatable bonds is 3. The molecule has 0 aromatic rings. The Kier molecular flexibility index (Phi) is 2.86. The summed E-state index contributed by atoms with van der Waals surface area (Å²) in [7, 11) is 0. The van der Waals surface area contributed by atoms with E-state index in [-0.39, 0.29) is 5.54 Å². The molecule has 0 aromatic heterocycles. The monoisotopic (exact) mass is 153 g/mol. The molecule has 0 bridgehead atoms. The van der Waals surface area contributed by atoms with Crippen LogP contribution in [0.1, 0.15) is 19.8 Å². The number of nitriles is 1. The Labute approximate surface area is 67.8 Å². The zero-order valence-electron chi connectivity index (χ0n) is 6.98. The van der Waals surface area contributed by atoms with Crippen molar-refractivity contribution >= 4 is 0 Å². The van der Waals surface area contributed by atoms with Gasteiger partial charge in [0.25, 0.3) is 0 Å². The molecule has 2 N–H and O–H groups in total. The molecule has 3 heteroatoms. The Morgan fingerprint density at radius 2 is 2.55 bits per heavy atom. The summed E-state index contributed by atoms with van der Waals surface area (Å²) in [5.41, 5.74) is -0.268. The van der Waals surface area contributed by atoms with Crippen molar-refractivity contribution in [2.75, 3.05) is 19.6 Å². The van der Waals surface area contributed by atoms with Gasteiger partial charge in [-0.3, -0.25) is 5.32 Å². The smallest absolute Gasteiger partial charge is 0.120 e. The molecular formula is C8H15N3. The molecule has 0 spiro atoms. The molecular weight excluding hydrogens is 138 g/mol. The van der Waals surface area contributed by atoms with Gasteiger partial charge in [-0.2, -0.15) is 5.26 Å². The molecule has 1 unspecified atom stereocenters. The molecule has 1 heterocycles. The molecule has 0 saturated carbocycles. The number of nitrogens with zero attached hydrogens (tertiary/aromatic N) is 1. The van der Waals surface area contributed by atoms with Crippen molar-refractivity contribution in [3.63, 3.8) is 0 Å². The molecule has 0 aromatic carbocycles. The summed E-state index contributed by atoms with van der Waals surface area (Å²) >= 11 is 0. The van der Waals surface area contributed by atoms with E-state index in [2.05, 4.69) is 23.6 Å². The van der Waals surface area contributed by atoms with Crippen LogP contribution < -0.4 is 10.6 Å². The highest BCUT2D eigenvalue weighted by molar-refractivity contribution is 5.11. The standard InChI is InChI=1S/C8H15N3/c1-2-4-11-8(6-9)3-5-10-7-8/h10-11H,2-5,7H2,1H3. The average molecular weight is 153 g/mol. The van der Waals surface area contributed by atoms with E-state index in [1.165, 1.54) is 0 Å². The SMILES string of the molecule is CCCNC1(C#N)CCNC1. The molecule has 1 fully saturated rings. The van der Waals surface area contributed by atoms with Gasteiger partial charge in [0, 0.05) is 6.54 Å². The van der Waals surface area contributed by atoms with Crippen LogP contribution in [0.2, 0.25) is 0 Å². The maximum atomic E-state index is 8.89. The van der Waals surface area contributed by atoms with E-state index in [1.54, 1.807) is 0 Å². The first kappa shape index (κ1) is 8.51. The summed E-state index contributed by atoms with van der Waals surface area (Å²) in [6.07, 6.45) is 2.02. The van der Waals surface area contributed by atoms with Gasteiger partial charge in [-0.15, -0.1) is 0 Å². The summed E-state index contributed by atoms with van der Waals surface area (Å²) in [4.78, 5) is 0. The summed E-state index contributed by atoms with van der Waals surface area (Å²) in [6, 6.07) is 2.34. The van der Waals surface area contributed by atoms with Crippen LogP contribution in [-0.4, -0.2) is 25.2 Å². The fraction of sp³-hybridized carbons (Fsp3) is 0.875. The highest BCUT2D eigenvalue weighted by Crippen LogP contribution is 2.12. The minimum atomic E-state index is -0.268. The maximum absolute atomic E-state index is 8.89. The quantitative estimate of drug-likeness (QED) is 0.610. The summed E-state index contributed by atoms with van der Waals surface area (Å²) < 4.78 is 0. The summed E-state index contributed by atoms with van der Waals surface area (Å²) in [6.45, 7) is 4.81. The Balaban J connectivity index is 2.41. The molecule has 3 nitrogen and oxygen atoms in total. The van der Waals surface area contributed by atoms with Crippen LogP contribution in [0.15, 0.2) is 0 Å². The first-order valence-corrected chi connectivity index (χ1v) is 4.20. The van der Waals surface area contributed by atoms with Crippen molar-refractivity contribution in [3.8, 4) is 6.07 Å². The zero-order valence-corrected chi connectivity index (χ0v) is 6.98. The molecule has 11 heavy (non-hydrogen) atoms. The Morgan fingerprint density at radius 3 is 3.00 bits per heavy atom. The molecule has 1 aliphatic rings. The predicted octanol–water partition coefficient (Wildman–Crippen LogP) is 0.242. The molecule has 0 amide bonds.